The van der Waals surface area contributed by atoms with E-state index in [0.717, 1.165) is 19.3 Å². The fourth-order valence-electron chi connectivity index (χ4n) is 3.15. The second-order valence-corrected chi connectivity index (χ2v) is 5.70. The van der Waals surface area contributed by atoms with Crippen molar-refractivity contribution in [1.82, 2.24) is 5.32 Å². The average Bonchev–Trinajstić information content (AvgIpc) is 2.88. The molecule has 2 saturated carbocycles. The lowest BCUT2D eigenvalue weighted by Crippen LogP contribution is -2.63. The van der Waals surface area contributed by atoms with E-state index in [1.54, 1.807) is 5.32 Å². The molecule has 0 saturated heterocycles. The van der Waals surface area contributed by atoms with E-state index >= 15 is 0 Å². The number of hydrogen-bond acceptors (Lipinski definition) is 2. The third-order valence-electron chi connectivity index (χ3n) is 4.44. The molecule has 0 aromatic rings. The van der Waals surface area contributed by atoms with Crippen LogP contribution in [0.1, 0.15) is 32.6 Å². The van der Waals surface area contributed by atoms with E-state index in [0.29, 0.717) is 19.3 Å². The molecule has 0 aromatic heterocycles. The normalized spacial score (nSPS) is 32.9. The number of carboxylic acids is 1. The second-order valence-electron chi connectivity index (χ2n) is 5.70. The maximum atomic E-state index is 12.8. The first-order valence-corrected chi connectivity index (χ1v) is 6.27. The van der Waals surface area contributed by atoms with E-state index in [1.807, 2.05) is 0 Å². The minimum Gasteiger partial charge on any atom is -0.479 e. The molecule has 108 valence electrons. The summed E-state index contributed by atoms with van der Waals surface area (Å²) in [5.41, 5.74) is -3.22. The van der Waals surface area contributed by atoms with E-state index in [4.69, 9.17) is 5.11 Å². The number of aliphatic carboxylic acids is 1. The van der Waals surface area contributed by atoms with Gasteiger partial charge in [-0.2, -0.15) is 13.2 Å². The second kappa shape index (κ2) is 4.38. The highest BCUT2D eigenvalue weighted by molar-refractivity contribution is 5.88. The van der Waals surface area contributed by atoms with Crippen molar-refractivity contribution in [3.05, 3.63) is 0 Å². The first-order chi connectivity index (χ1) is 8.65. The lowest BCUT2D eigenvalue weighted by Gasteiger charge is -2.31. The predicted octanol–water partition coefficient (Wildman–Crippen LogP) is 1.94. The van der Waals surface area contributed by atoms with Gasteiger partial charge >= 0.3 is 12.1 Å². The van der Waals surface area contributed by atoms with Crippen molar-refractivity contribution in [3.8, 4) is 0 Å². The van der Waals surface area contributed by atoms with Gasteiger partial charge in [-0.15, -0.1) is 0 Å². The smallest absolute Gasteiger partial charge is 0.422 e. The quantitative estimate of drug-likeness (QED) is 0.829. The Labute approximate surface area is 108 Å². The number of alkyl halides is 3. The molecular formula is C12H16F3NO3. The zero-order valence-corrected chi connectivity index (χ0v) is 10.5. The number of halogens is 3. The van der Waals surface area contributed by atoms with Crippen LogP contribution in [0.2, 0.25) is 0 Å². The highest BCUT2D eigenvalue weighted by atomic mass is 19.4. The Bertz CT molecular complexity index is 410. The average molecular weight is 279 g/mol. The maximum absolute atomic E-state index is 12.8. The summed E-state index contributed by atoms with van der Waals surface area (Å²) in [4.78, 5) is 22.8. The number of rotatable bonds is 3. The van der Waals surface area contributed by atoms with Gasteiger partial charge in [0.05, 0.1) is 0 Å². The van der Waals surface area contributed by atoms with Gasteiger partial charge in [-0.1, -0.05) is 6.42 Å². The summed E-state index contributed by atoms with van der Waals surface area (Å²) in [5, 5.41) is 10.5. The van der Waals surface area contributed by atoms with Gasteiger partial charge < -0.3 is 10.4 Å². The van der Waals surface area contributed by atoms with Crippen LogP contribution in [0.4, 0.5) is 13.2 Å². The number of carbonyl (C=O) groups is 2. The van der Waals surface area contributed by atoms with Crippen molar-refractivity contribution in [2.45, 2.75) is 44.3 Å². The zero-order valence-electron chi connectivity index (χ0n) is 10.5. The predicted molar refractivity (Wildman–Crippen MR) is 59.2 cm³/mol. The van der Waals surface area contributed by atoms with E-state index in [2.05, 4.69) is 0 Å². The Morgan fingerprint density at radius 3 is 2.21 bits per heavy atom. The van der Waals surface area contributed by atoms with Gasteiger partial charge in [-0.3, -0.25) is 4.79 Å². The van der Waals surface area contributed by atoms with E-state index < -0.39 is 29.5 Å². The largest absolute Gasteiger partial charge is 0.479 e. The van der Waals surface area contributed by atoms with Gasteiger partial charge in [0.2, 0.25) is 11.4 Å². The molecule has 2 aliphatic carbocycles. The molecule has 0 radical (unpaired) electrons. The Morgan fingerprint density at radius 2 is 1.84 bits per heavy atom. The molecule has 2 fully saturated rings. The molecule has 0 spiro atoms. The molecule has 2 aliphatic rings. The minimum absolute atomic E-state index is 0.108. The van der Waals surface area contributed by atoms with Crippen LogP contribution in [0.25, 0.3) is 0 Å². The van der Waals surface area contributed by atoms with Crippen molar-refractivity contribution < 1.29 is 27.9 Å². The van der Waals surface area contributed by atoms with Crippen molar-refractivity contribution in [3.63, 3.8) is 0 Å². The summed E-state index contributed by atoms with van der Waals surface area (Å²) < 4.78 is 38.4. The van der Waals surface area contributed by atoms with Gasteiger partial charge in [0.1, 0.15) is 0 Å². The molecule has 19 heavy (non-hydrogen) atoms. The molecule has 4 nitrogen and oxygen atoms in total. The van der Waals surface area contributed by atoms with Crippen LogP contribution >= 0.6 is 0 Å². The summed E-state index contributed by atoms with van der Waals surface area (Å²) in [6.07, 6.45) is -1.72. The molecule has 0 aromatic carbocycles. The lowest BCUT2D eigenvalue weighted by atomic mass is 9.87. The van der Waals surface area contributed by atoms with Crippen LogP contribution in [0.15, 0.2) is 0 Å². The van der Waals surface area contributed by atoms with Crippen LogP contribution in [0.3, 0.4) is 0 Å². The Balaban J connectivity index is 2.10. The molecule has 1 amide bonds. The number of amides is 1. The van der Waals surface area contributed by atoms with Gasteiger partial charge in [0.25, 0.3) is 0 Å². The number of hydrogen-bond donors (Lipinski definition) is 2. The van der Waals surface area contributed by atoms with Gasteiger partial charge in [0, 0.05) is 5.92 Å². The van der Waals surface area contributed by atoms with Crippen LogP contribution in [0.5, 0.6) is 0 Å². The lowest BCUT2D eigenvalue weighted by molar-refractivity contribution is -0.207. The van der Waals surface area contributed by atoms with Crippen molar-refractivity contribution in [2.24, 2.45) is 17.8 Å². The highest BCUT2D eigenvalue weighted by Crippen LogP contribution is 2.48. The third-order valence-corrected chi connectivity index (χ3v) is 4.44. The third kappa shape index (κ3) is 2.30. The van der Waals surface area contributed by atoms with Crippen LogP contribution < -0.4 is 5.32 Å². The first kappa shape index (κ1) is 14.1. The van der Waals surface area contributed by atoms with E-state index in [-0.39, 0.29) is 5.92 Å². The number of carboxylic acid groups (broad SMARTS) is 1. The maximum Gasteiger partial charge on any atom is 0.422 e. The highest BCUT2D eigenvalue weighted by Gasteiger charge is 2.59. The topological polar surface area (TPSA) is 66.4 Å². The summed E-state index contributed by atoms with van der Waals surface area (Å²) in [7, 11) is 0. The molecule has 2 N–H and O–H groups in total. The molecule has 4 atom stereocenters. The fourth-order valence-corrected chi connectivity index (χ4v) is 3.15. The van der Waals surface area contributed by atoms with Gasteiger partial charge in [0.15, 0.2) is 0 Å². The van der Waals surface area contributed by atoms with E-state index in [1.165, 1.54) is 0 Å². The van der Waals surface area contributed by atoms with Gasteiger partial charge in [-0.05, 0) is 38.0 Å². The minimum atomic E-state index is -5.02. The Morgan fingerprint density at radius 1 is 1.21 bits per heavy atom. The Kier molecular flexibility index (Phi) is 3.26. The molecule has 4 unspecified atom stereocenters. The Hall–Kier alpha value is -1.27. The van der Waals surface area contributed by atoms with Crippen LogP contribution in [0, 0.1) is 17.8 Å². The van der Waals surface area contributed by atoms with Gasteiger partial charge in [-0.25, -0.2) is 4.79 Å². The van der Waals surface area contributed by atoms with Crippen molar-refractivity contribution >= 4 is 11.9 Å². The molecular weight excluding hydrogens is 263 g/mol. The summed E-state index contributed by atoms with van der Waals surface area (Å²) in [5.74, 6) is -2.83. The van der Waals surface area contributed by atoms with Crippen molar-refractivity contribution in [1.29, 1.82) is 0 Å². The molecule has 7 heteroatoms. The number of carbonyl (C=O) groups excluding carboxylic acids is 1. The molecule has 0 aliphatic heterocycles. The summed E-state index contributed by atoms with van der Waals surface area (Å²) >= 11 is 0. The monoisotopic (exact) mass is 279 g/mol. The van der Waals surface area contributed by atoms with Crippen molar-refractivity contribution in [2.75, 3.05) is 0 Å². The first-order valence-electron chi connectivity index (χ1n) is 6.27. The van der Waals surface area contributed by atoms with E-state index in [9.17, 15) is 22.8 Å². The summed E-state index contributed by atoms with van der Waals surface area (Å²) in [6.45, 7) is 0.487. The standard InChI is InChI=1S/C12H16F3NO3/c1-11(10(18)19,12(13,14)15)16-9(17)8-5-6-2-3-7(8)4-6/h6-8H,2-5H2,1H3,(H,16,17)(H,18,19). The fraction of sp³-hybridized carbons (Fsp3) is 0.833. The molecule has 2 bridgehead atoms. The molecule has 2 rings (SSSR count). The number of nitrogens with one attached hydrogen (secondary N) is 1. The zero-order chi connectivity index (χ0) is 14.4. The van der Waals surface area contributed by atoms with Crippen LogP contribution in [-0.2, 0) is 9.59 Å². The number of fused-ring (bicyclic) bond motifs is 2. The molecule has 0 heterocycles. The SMILES string of the molecule is CC(NC(=O)C1CC2CCC1C2)(C(=O)O)C(F)(F)F. The summed E-state index contributed by atoms with van der Waals surface area (Å²) in [6, 6.07) is 0. The van der Waals surface area contributed by atoms with Crippen LogP contribution in [-0.4, -0.2) is 28.7 Å².